The van der Waals surface area contributed by atoms with E-state index in [1.54, 1.807) is 0 Å². The Labute approximate surface area is 134 Å². The summed E-state index contributed by atoms with van der Waals surface area (Å²) in [6, 6.07) is 0.464. The van der Waals surface area contributed by atoms with E-state index in [9.17, 15) is 4.79 Å². The predicted molar refractivity (Wildman–Crippen MR) is 83.7 cm³/mol. The molecule has 0 unspecified atom stereocenters. The Kier molecular flexibility index (Phi) is 4.70. The van der Waals surface area contributed by atoms with Crippen molar-refractivity contribution in [1.29, 1.82) is 0 Å². The van der Waals surface area contributed by atoms with Gasteiger partial charge in [0.1, 0.15) is 5.82 Å². The van der Waals surface area contributed by atoms with Crippen LogP contribution >= 0.6 is 11.8 Å². The molecule has 1 aromatic heterocycles. The highest BCUT2D eigenvalue weighted by atomic mass is 32.2. The molecule has 2 aliphatic rings. The van der Waals surface area contributed by atoms with Gasteiger partial charge in [0.2, 0.25) is 11.1 Å². The van der Waals surface area contributed by atoms with E-state index in [-0.39, 0.29) is 24.1 Å². The fourth-order valence-corrected chi connectivity index (χ4v) is 3.97. The van der Waals surface area contributed by atoms with Crippen LogP contribution in [0, 0.1) is 5.92 Å². The minimum absolute atomic E-state index is 0.0371. The van der Waals surface area contributed by atoms with Crippen molar-refractivity contribution in [1.82, 2.24) is 25.4 Å². The van der Waals surface area contributed by atoms with Crippen molar-refractivity contribution in [2.24, 2.45) is 5.92 Å². The summed E-state index contributed by atoms with van der Waals surface area (Å²) in [6.07, 6.45) is 2.12. The van der Waals surface area contributed by atoms with Gasteiger partial charge in [-0.15, -0.1) is 5.10 Å². The number of hydrogen-bond donors (Lipinski definition) is 2. The zero-order valence-electron chi connectivity index (χ0n) is 13.2. The molecule has 4 atom stereocenters. The summed E-state index contributed by atoms with van der Waals surface area (Å²) in [5.74, 6) is 1.68. The second kappa shape index (κ2) is 6.55. The number of rotatable bonds is 6. The molecule has 8 heteroatoms. The Morgan fingerprint density at radius 3 is 3.05 bits per heavy atom. The highest BCUT2D eigenvalue weighted by Gasteiger charge is 2.55. The van der Waals surface area contributed by atoms with Crippen LogP contribution in [0.1, 0.15) is 19.2 Å². The highest BCUT2D eigenvalue weighted by Crippen LogP contribution is 2.41. The van der Waals surface area contributed by atoms with E-state index in [0.717, 1.165) is 25.3 Å². The number of aromatic nitrogens is 3. The van der Waals surface area contributed by atoms with Gasteiger partial charge in [0.15, 0.2) is 0 Å². The topological polar surface area (TPSA) is 83.1 Å². The lowest BCUT2D eigenvalue weighted by Gasteiger charge is -2.50. The number of ether oxygens (including phenoxy) is 1. The van der Waals surface area contributed by atoms with Crippen LogP contribution in [-0.2, 0) is 16.0 Å². The van der Waals surface area contributed by atoms with Crippen molar-refractivity contribution in [2.75, 3.05) is 26.5 Å². The molecular formula is C14H23N5O2S. The minimum atomic E-state index is 0.0371. The van der Waals surface area contributed by atoms with E-state index < -0.39 is 0 Å². The molecule has 122 valence electrons. The number of thioether (sulfide) groups is 1. The summed E-state index contributed by atoms with van der Waals surface area (Å²) in [6.45, 7) is 2.82. The van der Waals surface area contributed by atoms with Crippen LogP contribution in [0.5, 0.6) is 0 Å². The zero-order chi connectivity index (χ0) is 15.7. The van der Waals surface area contributed by atoms with Crippen LogP contribution in [0.2, 0.25) is 0 Å². The predicted octanol–water partition coefficient (Wildman–Crippen LogP) is 0.293. The highest BCUT2D eigenvalue weighted by molar-refractivity contribution is 7.99. The molecule has 3 rings (SSSR count). The Balaban J connectivity index is 1.50. The van der Waals surface area contributed by atoms with Crippen LogP contribution in [0.4, 0.5) is 0 Å². The molecule has 1 aromatic rings. The van der Waals surface area contributed by atoms with Crippen LogP contribution in [0.15, 0.2) is 5.16 Å². The van der Waals surface area contributed by atoms with Crippen molar-refractivity contribution < 1.29 is 9.53 Å². The van der Waals surface area contributed by atoms with Crippen LogP contribution in [0.25, 0.3) is 0 Å². The molecule has 0 bridgehead atoms. The lowest BCUT2D eigenvalue weighted by Crippen LogP contribution is -2.69. The summed E-state index contributed by atoms with van der Waals surface area (Å²) < 4.78 is 5.76. The number of amides is 1. The fourth-order valence-electron chi connectivity index (χ4n) is 3.34. The van der Waals surface area contributed by atoms with E-state index in [1.165, 1.54) is 11.8 Å². The number of hydrogen-bond acceptors (Lipinski definition) is 6. The Hall–Kier alpha value is -1.12. The largest absolute Gasteiger partial charge is 0.376 e. The second-order valence-electron chi connectivity index (χ2n) is 6.04. The Bertz CT molecular complexity index is 535. The number of carbonyl (C=O) groups excluding carboxylic acids is 1. The lowest BCUT2D eigenvalue weighted by atomic mass is 9.71. The van der Waals surface area contributed by atoms with Crippen molar-refractivity contribution >= 4 is 17.7 Å². The van der Waals surface area contributed by atoms with Crippen LogP contribution in [-0.4, -0.2) is 70.6 Å². The molecule has 7 nitrogen and oxygen atoms in total. The van der Waals surface area contributed by atoms with Crippen molar-refractivity contribution in [2.45, 2.75) is 43.1 Å². The van der Waals surface area contributed by atoms with Gasteiger partial charge in [0.05, 0.1) is 23.9 Å². The molecule has 1 aliphatic carbocycles. The number of nitrogens with zero attached hydrogens (tertiary/aromatic N) is 3. The average Bonchev–Trinajstić information content (AvgIpc) is 3.09. The van der Waals surface area contributed by atoms with Gasteiger partial charge in [0, 0.05) is 18.9 Å². The third-order valence-electron chi connectivity index (χ3n) is 4.45. The maximum Gasteiger partial charge on any atom is 0.230 e. The van der Waals surface area contributed by atoms with Gasteiger partial charge in [-0.25, -0.2) is 4.98 Å². The van der Waals surface area contributed by atoms with Gasteiger partial charge < -0.3 is 15.0 Å². The van der Waals surface area contributed by atoms with Crippen molar-refractivity contribution in [3.63, 3.8) is 0 Å². The molecule has 22 heavy (non-hydrogen) atoms. The first kappa shape index (κ1) is 15.8. The maximum absolute atomic E-state index is 12.2. The molecule has 1 saturated heterocycles. The lowest BCUT2D eigenvalue weighted by molar-refractivity contribution is -0.125. The Morgan fingerprint density at radius 1 is 1.55 bits per heavy atom. The van der Waals surface area contributed by atoms with E-state index in [2.05, 4.69) is 25.4 Å². The quantitative estimate of drug-likeness (QED) is 0.732. The molecule has 1 amide bonds. The number of carbonyl (C=O) groups is 1. The third kappa shape index (κ3) is 3.00. The minimum Gasteiger partial charge on any atom is -0.376 e. The smallest absolute Gasteiger partial charge is 0.230 e. The molecule has 2 fully saturated rings. The standard InChI is InChI=1S/C14H23N5O2S/c1-4-9-15-14(18-17-9)22-7-10(20)16-11-8-5-6-21-13(8)12(11)19(2)3/h8,11-13H,4-7H2,1-3H3,(H,16,20)(H,15,17,18)/t8-,11+,12-,13-/m1/s1. The first-order valence-electron chi connectivity index (χ1n) is 7.71. The number of likely N-dealkylation sites (N-methyl/N-ethyl adjacent to an activating group) is 1. The number of aryl methyl sites for hydroxylation is 1. The second-order valence-corrected chi connectivity index (χ2v) is 6.98. The number of nitrogens with one attached hydrogen (secondary N) is 2. The van der Waals surface area contributed by atoms with Gasteiger partial charge in [-0.2, -0.15) is 0 Å². The third-order valence-corrected chi connectivity index (χ3v) is 5.30. The molecular weight excluding hydrogens is 302 g/mol. The molecule has 2 N–H and O–H groups in total. The van der Waals surface area contributed by atoms with E-state index >= 15 is 0 Å². The summed E-state index contributed by atoms with van der Waals surface area (Å²) in [4.78, 5) is 18.6. The van der Waals surface area contributed by atoms with E-state index in [0.29, 0.717) is 16.8 Å². The summed E-state index contributed by atoms with van der Waals surface area (Å²) in [7, 11) is 4.08. The molecule has 0 radical (unpaired) electrons. The van der Waals surface area contributed by atoms with E-state index in [4.69, 9.17) is 4.74 Å². The molecule has 1 aliphatic heterocycles. The number of aromatic amines is 1. The SMILES string of the molecule is CCc1nc(SCC(=O)N[C@H]2[C@H]3CCO[C@H]3[C@@H]2N(C)C)n[nH]1. The summed E-state index contributed by atoms with van der Waals surface area (Å²) >= 11 is 1.37. The molecule has 0 aromatic carbocycles. The van der Waals surface area contributed by atoms with E-state index in [1.807, 2.05) is 21.0 Å². The normalized spacial score (nSPS) is 30.2. The fraction of sp³-hybridized carbons (Fsp3) is 0.786. The summed E-state index contributed by atoms with van der Waals surface area (Å²) in [5.41, 5.74) is 0. The van der Waals surface area contributed by atoms with Gasteiger partial charge >= 0.3 is 0 Å². The van der Waals surface area contributed by atoms with Crippen LogP contribution in [0.3, 0.4) is 0 Å². The first-order chi connectivity index (χ1) is 10.6. The molecule has 2 heterocycles. The average molecular weight is 325 g/mol. The van der Waals surface area contributed by atoms with Crippen LogP contribution < -0.4 is 5.32 Å². The molecule has 1 saturated carbocycles. The molecule has 0 spiro atoms. The van der Waals surface area contributed by atoms with Crippen molar-refractivity contribution in [3.05, 3.63) is 5.82 Å². The van der Waals surface area contributed by atoms with Gasteiger partial charge in [0.25, 0.3) is 0 Å². The van der Waals surface area contributed by atoms with Gasteiger partial charge in [-0.3, -0.25) is 9.89 Å². The summed E-state index contributed by atoms with van der Waals surface area (Å²) in [5, 5.41) is 10.7. The number of H-pyrrole nitrogens is 1. The zero-order valence-corrected chi connectivity index (χ0v) is 14.0. The maximum atomic E-state index is 12.2. The van der Waals surface area contributed by atoms with Gasteiger partial charge in [-0.1, -0.05) is 18.7 Å². The van der Waals surface area contributed by atoms with Gasteiger partial charge in [-0.05, 0) is 20.5 Å². The Morgan fingerprint density at radius 2 is 2.36 bits per heavy atom. The monoisotopic (exact) mass is 325 g/mol. The number of fused-ring (bicyclic) bond motifs is 1. The first-order valence-corrected chi connectivity index (χ1v) is 8.70. The van der Waals surface area contributed by atoms with Crippen molar-refractivity contribution in [3.8, 4) is 0 Å².